The number of rotatable bonds is 3. The number of benzene rings is 1. The van der Waals surface area contributed by atoms with Crippen LogP contribution in [0.4, 0.5) is 0 Å². The van der Waals surface area contributed by atoms with Crippen LogP contribution in [0.15, 0.2) is 40.8 Å². The molecule has 1 fully saturated rings. The predicted molar refractivity (Wildman–Crippen MR) is 93.6 cm³/mol. The SMILES string of the molecule is CC1C(C(=O)O)CCN1C(=O)c1ccc(-c2nc3ccccc3s2)o1. The topological polar surface area (TPSA) is 83.6 Å². The summed E-state index contributed by atoms with van der Waals surface area (Å²) < 4.78 is 6.78. The quantitative estimate of drug-likeness (QED) is 0.776. The summed E-state index contributed by atoms with van der Waals surface area (Å²) in [6.45, 7) is 2.19. The lowest BCUT2D eigenvalue weighted by atomic mass is 10.0. The van der Waals surface area contributed by atoms with Crippen molar-refractivity contribution in [2.24, 2.45) is 5.92 Å². The van der Waals surface area contributed by atoms with Crippen LogP contribution < -0.4 is 0 Å². The van der Waals surface area contributed by atoms with Gasteiger partial charge in [0.15, 0.2) is 16.5 Å². The van der Waals surface area contributed by atoms with Crippen LogP contribution in [-0.4, -0.2) is 39.5 Å². The van der Waals surface area contributed by atoms with Gasteiger partial charge in [-0.3, -0.25) is 9.59 Å². The average Bonchev–Trinajstić information content (AvgIpc) is 3.31. The number of hydrogen-bond acceptors (Lipinski definition) is 5. The van der Waals surface area contributed by atoms with Gasteiger partial charge < -0.3 is 14.4 Å². The molecule has 0 bridgehead atoms. The zero-order valence-electron chi connectivity index (χ0n) is 13.5. The number of thiazole rings is 1. The molecule has 1 saturated heterocycles. The van der Waals surface area contributed by atoms with Gasteiger partial charge in [0.25, 0.3) is 5.91 Å². The third-order valence-corrected chi connectivity index (χ3v) is 5.71. The van der Waals surface area contributed by atoms with Crippen LogP contribution in [-0.2, 0) is 4.79 Å². The number of carboxylic acid groups (broad SMARTS) is 1. The lowest BCUT2D eigenvalue weighted by molar-refractivity contribution is -0.142. The number of aliphatic carboxylic acids is 1. The highest BCUT2D eigenvalue weighted by Crippen LogP contribution is 2.32. The molecule has 25 heavy (non-hydrogen) atoms. The summed E-state index contributed by atoms with van der Waals surface area (Å²) >= 11 is 1.51. The summed E-state index contributed by atoms with van der Waals surface area (Å²) in [4.78, 5) is 30.0. The number of likely N-dealkylation sites (tertiary alicyclic amines) is 1. The van der Waals surface area contributed by atoms with E-state index in [1.165, 1.54) is 11.3 Å². The van der Waals surface area contributed by atoms with Crippen LogP contribution in [0.1, 0.15) is 23.9 Å². The molecule has 1 aliphatic heterocycles. The molecule has 1 aliphatic rings. The molecule has 7 heteroatoms. The van der Waals surface area contributed by atoms with Gasteiger partial charge in [-0.25, -0.2) is 4.98 Å². The predicted octanol–water partition coefficient (Wildman–Crippen LogP) is 3.49. The van der Waals surface area contributed by atoms with Gasteiger partial charge >= 0.3 is 5.97 Å². The van der Waals surface area contributed by atoms with Crippen molar-refractivity contribution in [3.63, 3.8) is 0 Å². The maximum Gasteiger partial charge on any atom is 0.308 e. The Kier molecular flexibility index (Phi) is 3.80. The summed E-state index contributed by atoms with van der Waals surface area (Å²) in [6.07, 6.45) is 0.466. The van der Waals surface area contributed by atoms with E-state index in [2.05, 4.69) is 4.98 Å². The van der Waals surface area contributed by atoms with Gasteiger partial charge in [-0.15, -0.1) is 11.3 Å². The second kappa shape index (κ2) is 6.00. The molecule has 0 aliphatic carbocycles. The van der Waals surface area contributed by atoms with Crippen molar-refractivity contribution in [1.82, 2.24) is 9.88 Å². The lowest BCUT2D eigenvalue weighted by Gasteiger charge is -2.22. The molecule has 1 aromatic carbocycles. The van der Waals surface area contributed by atoms with Crippen molar-refractivity contribution in [3.05, 3.63) is 42.2 Å². The minimum atomic E-state index is -0.864. The van der Waals surface area contributed by atoms with Crippen molar-refractivity contribution < 1.29 is 19.1 Å². The molecular weight excluding hydrogens is 340 g/mol. The van der Waals surface area contributed by atoms with Gasteiger partial charge in [0.1, 0.15) is 0 Å². The van der Waals surface area contributed by atoms with Gasteiger partial charge in [0.2, 0.25) is 0 Å². The number of amides is 1. The summed E-state index contributed by atoms with van der Waals surface area (Å²) in [5.41, 5.74) is 0.893. The number of nitrogens with zero attached hydrogens (tertiary/aromatic N) is 2. The molecule has 1 N–H and O–H groups in total. The molecule has 0 spiro atoms. The van der Waals surface area contributed by atoms with Gasteiger partial charge in [-0.05, 0) is 37.6 Å². The van der Waals surface area contributed by atoms with Crippen LogP contribution in [0.3, 0.4) is 0 Å². The largest absolute Gasteiger partial charge is 0.481 e. The van der Waals surface area contributed by atoms with Crippen molar-refractivity contribution >= 4 is 33.4 Å². The van der Waals surface area contributed by atoms with E-state index in [0.29, 0.717) is 18.7 Å². The molecule has 128 valence electrons. The van der Waals surface area contributed by atoms with E-state index in [0.717, 1.165) is 15.2 Å². The Balaban J connectivity index is 1.59. The van der Waals surface area contributed by atoms with Crippen LogP contribution >= 0.6 is 11.3 Å². The van der Waals surface area contributed by atoms with Crippen LogP contribution in [0.5, 0.6) is 0 Å². The normalized spacial score (nSPS) is 20.3. The molecule has 6 nitrogen and oxygen atoms in total. The Morgan fingerprint density at radius 3 is 2.80 bits per heavy atom. The van der Waals surface area contributed by atoms with Crippen LogP contribution in [0, 0.1) is 5.92 Å². The monoisotopic (exact) mass is 356 g/mol. The third-order valence-electron chi connectivity index (χ3n) is 4.65. The number of fused-ring (bicyclic) bond motifs is 1. The van der Waals surface area contributed by atoms with Gasteiger partial charge in [-0.1, -0.05) is 12.1 Å². The molecule has 3 aromatic rings. The van der Waals surface area contributed by atoms with E-state index in [1.54, 1.807) is 24.0 Å². The first-order chi connectivity index (χ1) is 12.0. The van der Waals surface area contributed by atoms with Crippen molar-refractivity contribution in [1.29, 1.82) is 0 Å². The zero-order valence-corrected chi connectivity index (χ0v) is 14.3. The van der Waals surface area contributed by atoms with E-state index in [1.807, 2.05) is 24.3 Å². The molecular formula is C18H16N2O4S. The lowest BCUT2D eigenvalue weighted by Crippen LogP contribution is -2.37. The molecule has 2 atom stereocenters. The number of carbonyl (C=O) groups excluding carboxylic acids is 1. The van der Waals surface area contributed by atoms with E-state index in [4.69, 9.17) is 4.42 Å². The molecule has 2 unspecified atom stereocenters. The third kappa shape index (κ3) is 2.70. The number of hydrogen-bond donors (Lipinski definition) is 1. The van der Waals surface area contributed by atoms with Gasteiger partial charge in [-0.2, -0.15) is 0 Å². The highest BCUT2D eigenvalue weighted by Gasteiger charge is 2.39. The number of furan rings is 1. The standard InChI is InChI=1S/C18H16N2O4S/c1-10-11(18(22)23)8-9-20(10)17(21)14-7-6-13(24-14)16-19-12-4-2-3-5-15(12)25-16/h2-7,10-11H,8-9H2,1H3,(H,22,23). The fourth-order valence-corrected chi connectivity index (χ4v) is 4.17. The minimum absolute atomic E-state index is 0.215. The Labute approximate surface area is 147 Å². The summed E-state index contributed by atoms with van der Waals surface area (Å²) in [5, 5.41) is 9.93. The van der Waals surface area contributed by atoms with Gasteiger partial charge in [0.05, 0.1) is 16.1 Å². The van der Waals surface area contributed by atoms with Crippen molar-refractivity contribution in [2.45, 2.75) is 19.4 Å². The van der Waals surface area contributed by atoms with Crippen molar-refractivity contribution in [3.8, 4) is 10.8 Å². The Morgan fingerprint density at radius 2 is 2.08 bits per heavy atom. The maximum atomic E-state index is 12.7. The van der Waals surface area contributed by atoms with Crippen LogP contribution in [0.25, 0.3) is 21.0 Å². The van der Waals surface area contributed by atoms with E-state index < -0.39 is 11.9 Å². The average molecular weight is 356 g/mol. The molecule has 3 heterocycles. The maximum absolute atomic E-state index is 12.7. The van der Waals surface area contributed by atoms with E-state index in [-0.39, 0.29) is 17.7 Å². The number of aromatic nitrogens is 1. The Hall–Kier alpha value is -2.67. The summed E-state index contributed by atoms with van der Waals surface area (Å²) in [6, 6.07) is 10.8. The fraction of sp³-hybridized carbons (Fsp3) is 0.278. The molecule has 4 rings (SSSR count). The van der Waals surface area contributed by atoms with Crippen molar-refractivity contribution in [2.75, 3.05) is 6.54 Å². The molecule has 1 amide bonds. The highest BCUT2D eigenvalue weighted by molar-refractivity contribution is 7.21. The minimum Gasteiger partial charge on any atom is -0.481 e. The smallest absolute Gasteiger partial charge is 0.308 e. The Bertz CT molecular complexity index is 928. The second-order valence-corrected chi connectivity index (χ2v) is 7.15. The number of carboxylic acids is 1. The Morgan fingerprint density at radius 1 is 1.28 bits per heavy atom. The van der Waals surface area contributed by atoms with Gasteiger partial charge in [0, 0.05) is 12.6 Å². The molecule has 0 saturated carbocycles. The van der Waals surface area contributed by atoms with E-state index >= 15 is 0 Å². The second-order valence-electron chi connectivity index (χ2n) is 6.12. The fourth-order valence-electron chi connectivity index (χ4n) is 3.24. The van der Waals surface area contributed by atoms with E-state index in [9.17, 15) is 14.7 Å². The first-order valence-electron chi connectivity index (χ1n) is 8.04. The summed E-state index contributed by atoms with van der Waals surface area (Å²) in [7, 11) is 0. The number of para-hydroxylation sites is 1. The summed E-state index contributed by atoms with van der Waals surface area (Å²) in [5.74, 6) is -0.901. The first kappa shape index (κ1) is 15.8. The molecule has 0 radical (unpaired) electrons. The zero-order chi connectivity index (χ0) is 17.6. The number of carbonyl (C=O) groups is 2. The molecule has 2 aromatic heterocycles. The highest BCUT2D eigenvalue weighted by atomic mass is 32.1. The van der Waals surface area contributed by atoms with Crippen LogP contribution in [0.2, 0.25) is 0 Å². The first-order valence-corrected chi connectivity index (χ1v) is 8.86.